The first-order chi connectivity index (χ1) is 13.4. The van der Waals surface area contributed by atoms with Crippen molar-refractivity contribution in [2.45, 2.75) is 18.7 Å². The molecule has 3 aromatic carbocycles. The fraction of sp³-hybridized carbons (Fsp3) is 0.0870. The molecule has 140 valence electrons. The molecule has 0 bridgehead atoms. The molecular formula is C23H19NO3S. The van der Waals surface area contributed by atoms with Gasteiger partial charge >= 0.3 is 0 Å². The maximum absolute atomic E-state index is 13.2. The number of hydrogen-bond donors (Lipinski definition) is 0. The van der Waals surface area contributed by atoms with Gasteiger partial charge in [-0.1, -0.05) is 48.5 Å². The summed E-state index contributed by atoms with van der Waals surface area (Å²) in [7, 11) is -3.92. The number of fused-ring (bicyclic) bond motifs is 1. The number of carbonyl (C=O) groups is 1. The Balaban J connectivity index is 1.94. The number of benzene rings is 3. The van der Waals surface area contributed by atoms with Gasteiger partial charge in [-0.25, -0.2) is 8.42 Å². The Labute approximate surface area is 164 Å². The molecule has 0 N–H and O–H groups in total. The highest BCUT2D eigenvalue weighted by atomic mass is 32.2. The summed E-state index contributed by atoms with van der Waals surface area (Å²) in [5.74, 6) is -0.510. The van der Waals surface area contributed by atoms with Gasteiger partial charge in [-0.15, -0.1) is 0 Å². The Morgan fingerprint density at radius 3 is 2.21 bits per heavy atom. The molecule has 1 aliphatic rings. The van der Waals surface area contributed by atoms with E-state index in [1.165, 1.54) is 6.20 Å². The lowest BCUT2D eigenvalue weighted by Gasteiger charge is -2.29. The van der Waals surface area contributed by atoms with Crippen molar-refractivity contribution < 1.29 is 13.2 Å². The van der Waals surface area contributed by atoms with Gasteiger partial charge in [-0.05, 0) is 49.2 Å². The SMILES string of the molecule is Cc1ccc(N2C=C(C(=O)c3ccccc3)S(=O)(=O)c3ccccc32)cc1C. The summed E-state index contributed by atoms with van der Waals surface area (Å²) in [6.07, 6.45) is 1.44. The number of nitrogens with zero attached hydrogens (tertiary/aromatic N) is 1. The van der Waals surface area contributed by atoms with Crippen molar-refractivity contribution in [3.05, 3.63) is 101 Å². The standard InChI is InChI=1S/C23H19NO3S/c1-16-12-13-19(14-17(16)2)24-15-22(23(25)18-8-4-3-5-9-18)28(26,27)21-11-7-6-10-20(21)24/h3-15H,1-2H3. The average molecular weight is 389 g/mol. The second kappa shape index (κ2) is 6.77. The number of sulfone groups is 1. The number of aryl methyl sites for hydroxylation is 2. The van der Waals surface area contributed by atoms with Crippen LogP contribution in [0, 0.1) is 13.8 Å². The summed E-state index contributed by atoms with van der Waals surface area (Å²) in [5.41, 5.74) is 3.93. The lowest BCUT2D eigenvalue weighted by Crippen LogP contribution is -2.25. The number of carbonyl (C=O) groups excluding carboxylic acids is 1. The molecule has 0 fully saturated rings. The molecule has 0 saturated heterocycles. The van der Waals surface area contributed by atoms with E-state index in [0.29, 0.717) is 11.3 Å². The van der Waals surface area contributed by atoms with Crippen LogP contribution in [0.4, 0.5) is 11.4 Å². The maximum atomic E-state index is 13.2. The summed E-state index contributed by atoms with van der Waals surface area (Å²) < 4.78 is 26.4. The Bertz CT molecular complexity index is 1210. The first-order valence-corrected chi connectivity index (χ1v) is 10.4. The van der Waals surface area contributed by atoms with Gasteiger partial charge in [-0.2, -0.15) is 0 Å². The lowest BCUT2D eigenvalue weighted by molar-refractivity contribution is 0.104. The minimum absolute atomic E-state index is 0.134. The molecule has 5 heteroatoms. The van der Waals surface area contributed by atoms with Gasteiger partial charge in [0.2, 0.25) is 15.6 Å². The number of hydrogen-bond acceptors (Lipinski definition) is 4. The second-order valence-corrected chi connectivity index (χ2v) is 8.68. The average Bonchev–Trinajstić information content (AvgIpc) is 2.71. The van der Waals surface area contributed by atoms with Gasteiger partial charge in [0.05, 0.1) is 10.6 Å². The van der Waals surface area contributed by atoms with Gasteiger partial charge in [0.1, 0.15) is 4.91 Å². The summed E-state index contributed by atoms with van der Waals surface area (Å²) in [6, 6.07) is 21.1. The van der Waals surface area contributed by atoms with E-state index in [-0.39, 0.29) is 9.80 Å². The maximum Gasteiger partial charge on any atom is 0.214 e. The second-order valence-electron chi connectivity index (χ2n) is 6.80. The van der Waals surface area contributed by atoms with Crippen LogP contribution in [0.15, 0.2) is 88.8 Å². The molecule has 28 heavy (non-hydrogen) atoms. The largest absolute Gasteiger partial charge is 0.314 e. The molecular weight excluding hydrogens is 370 g/mol. The van der Waals surface area contributed by atoms with Crippen LogP contribution >= 0.6 is 0 Å². The third-order valence-corrected chi connectivity index (χ3v) is 6.77. The highest BCUT2D eigenvalue weighted by Gasteiger charge is 2.35. The summed E-state index contributed by atoms with van der Waals surface area (Å²) in [5, 5.41) is 0. The Hall–Kier alpha value is -3.18. The van der Waals surface area contributed by atoms with Crippen molar-refractivity contribution in [2.75, 3.05) is 4.90 Å². The summed E-state index contributed by atoms with van der Waals surface area (Å²) in [4.78, 5) is 14.7. The van der Waals surface area contributed by atoms with E-state index in [2.05, 4.69) is 0 Å². The molecule has 0 aromatic heterocycles. The monoisotopic (exact) mass is 389 g/mol. The van der Waals surface area contributed by atoms with Gasteiger partial charge in [0.25, 0.3) is 0 Å². The number of rotatable bonds is 3. The molecule has 0 saturated carbocycles. The van der Waals surface area contributed by atoms with E-state index in [1.54, 1.807) is 59.5 Å². The van der Waals surface area contributed by atoms with Crippen molar-refractivity contribution >= 4 is 27.0 Å². The van der Waals surface area contributed by atoms with Crippen LogP contribution in [0.5, 0.6) is 0 Å². The highest BCUT2D eigenvalue weighted by molar-refractivity contribution is 7.96. The molecule has 4 rings (SSSR count). The summed E-state index contributed by atoms with van der Waals surface area (Å²) >= 11 is 0. The number of anilines is 2. The molecule has 0 amide bonds. The van der Waals surface area contributed by atoms with Crippen molar-refractivity contribution in [2.24, 2.45) is 0 Å². The Morgan fingerprint density at radius 1 is 0.821 bits per heavy atom. The molecule has 0 unspecified atom stereocenters. The molecule has 1 aliphatic heterocycles. The predicted molar refractivity (Wildman–Crippen MR) is 111 cm³/mol. The van der Waals surface area contributed by atoms with Gasteiger partial charge in [-0.3, -0.25) is 4.79 Å². The number of para-hydroxylation sites is 1. The lowest BCUT2D eigenvalue weighted by atomic mass is 10.1. The zero-order valence-corrected chi connectivity index (χ0v) is 16.4. The fourth-order valence-corrected chi connectivity index (χ4v) is 4.80. The number of allylic oxidation sites excluding steroid dienone is 1. The van der Waals surface area contributed by atoms with E-state index in [4.69, 9.17) is 0 Å². The van der Waals surface area contributed by atoms with Gasteiger partial charge in [0.15, 0.2) is 0 Å². The third-order valence-electron chi connectivity index (χ3n) is 4.98. The molecule has 0 atom stereocenters. The Morgan fingerprint density at radius 2 is 1.50 bits per heavy atom. The van der Waals surface area contributed by atoms with Crippen LogP contribution < -0.4 is 4.90 Å². The van der Waals surface area contributed by atoms with E-state index >= 15 is 0 Å². The minimum Gasteiger partial charge on any atom is -0.314 e. The van der Waals surface area contributed by atoms with Crippen molar-refractivity contribution in [1.82, 2.24) is 0 Å². The van der Waals surface area contributed by atoms with Gasteiger partial charge in [0, 0.05) is 17.5 Å². The fourth-order valence-electron chi connectivity index (χ4n) is 3.26. The van der Waals surface area contributed by atoms with Crippen LogP contribution in [-0.4, -0.2) is 14.2 Å². The highest BCUT2D eigenvalue weighted by Crippen LogP contribution is 2.40. The molecule has 0 aliphatic carbocycles. The van der Waals surface area contributed by atoms with Crippen LogP contribution in [0.2, 0.25) is 0 Å². The molecule has 0 radical (unpaired) electrons. The van der Waals surface area contributed by atoms with E-state index in [9.17, 15) is 13.2 Å². The van der Waals surface area contributed by atoms with E-state index < -0.39 is 15.6 Å². The molecule has 1 heterocycles. The smallest absolute Gasteiger partial charge is 0.214 e. The third kappa shape index (κ3) is 2.94. The van der Waals surface area contributed by atoms with Crippen LogP contribution in [0.3, 0.4) is 0 Å². The molecule has 3 aromatic rings. The van der Waals surface area contributed by atoms with Crippen molar-refractivity contribution in [1.29, 1.82) is 0 Å². The molecule has 0 spiro atoms. The number of ketones is 1. The van der Waals surface area contributed by atoms with Gasteiger partial charge < -0.3 is 4.90 Å². The van der Waals surface area contributed by atoms with Crippen molar-refractivity contribution in [3.63, 3.8) is 0 Å². The number of Topliss-reactive ketones (excluding diaryl/α,β-unsaturated/α-hetero) is 1. The van der Waals surface area contributed by atoms with E-state index in [1.807, 2.05) is 32.0 Å². The van der Waals surface area contributed by atoms with Crippen LogP contribution in [0.1, 0.15) is 21.5 Å². The van der Waals surface area contributed by atoms with Crippen molar-refractivity contribution in [3.8, 4) is 0 Å². The van der Waals surface area contributed by atoms with Crippen LogP contribution in [0.25, 0.3) is 0 Å². The zero-order chi connectivity index (χ0) is 19.9. The predicted octanol–water partition coefficient (Wildman–Crippen LogP) is 4.95. The summed E-state index contributed by atoms with van der Waals surface area (Å²) in [6.45, 7) is 4.03. The van der Waals surface area contributed by atoms with Crippen LogP contribution in [-0.2, 0) is 9.84 Å². The minimum atomic E-state index is -3.92. The van der Waals surface area contributed by atoms with E-state index in [0.717, 1.165) is 16.8 Å². The zero-order valence-electron chi connectivity index (χ0n) is 15.6. The first kappa shape index (κ1) is 18.2. The first-order valence-electron chi connectivity index (χ1n) is 8.92. The molecule has 4 nitrogen and oxygen atoms in total. The normalized spacial score (nSPS) is 14.9. The topological polar surface area (TPSA) is 54.5 Å². The Kier molecular flexibility index (Phi) is 4.40. The quantitative estimate of drug-likeness (QED) is 0.595.